The number of piperidine rings is 1. The van der Waals surface area contributed by atoms with E-state index in [0.717, 1.165) is 11.8 Å². The topological polar surface area (TPSA) is 6.48 Å². The molecule has 0 bridgehead atoms. The zero-order valence-corrected chi connectivity index (χ0v) is 11.8. The molecule has 2 aliphatic heterocycles. The average molecular weight is 238 g/mol. The maximum absolute atomic E-state index is 2.60. The molecular weight excluding hydrogens is 208 g/mol. The first-order valence-corrected chi connectivity index (χ1v) is 7.68. The molecule has 2 rings (SSSR count). The van der Waals surface area contributed by atoms with Crippen LogP contribution in [0.3, 0.4) is 0 Å². The van der Waals surface area contributed by atoms with Gasteiger partial charge in [-0.05, 0) is 57.8 Å². The van der Waals surface area contributed by atoms with E-state index in [1.807, 2.05) is 0 Å². The average Bonchev–Trinajstić information content (AvgIpc) is 2.32. The van der Waals surface area contributed by atoms with Gasteiger partial charge in [-0.3, -0.25) is 0 Å². The molecule has 0 aromatic rings. The summed E-state index contributed by atoms with van der Waals surface area (Å²) in [5.41, 5.74) is 0. The van der Waals surface area contributed by atoms with E-state index in [2.05, 4.69) is 23.8 Å². The second-order valence-corrected chi connectivity index (χ2v) is 6.25. The minimum absolute atomic E-state index is 1.03. The summed E-state index contributed by atoms with van der Waals surface area (Å²) in [4.78, 5) is 5.03. The summed E-state index contributed by atoms with van der Waals surface area (Å²) in [6.07, 6.45) is 8.86. The number of rotatable bonds is 6. The molecule has 0 amide bonds. The molecule has 0 N–H and O–H groups in total. The van der Waals surface area contributed by atoms with Crippen molar-refractivity contribution >= 4 is 0 Å². The van der Waals surface area contributed by atoms with Crippen molar-refractivity contribution in [2.45, 2.75) is 45.4 Å². The fourth-order valence-corrected chi connectivity index (χ4v) is 3.47. The fraction of sp³-hybridized carbons (Fsp3) is 1.00. The lowest BCUT2D eigenvalue weighted by Gasteiger charge is -2.36. The normalized spacial score (nSPS) is 25.1. The third-order valence-electron chi connectivity index (χ3n) is 4.77. The molecule has 2 saturated heterocycles. The molecular formula is C15H30N2. The first kappa shape index (κ1) is 13.4. The van der Waals surface area contributed by atoms with E-state index in [1.165, 1.54) is 71.2 Å². The van der Waals surface area contributed by atoms with Gasteiger partial charge in [-0.25, -0.2) is 0 Å². The Morgan fingerprint density at radius 1 is 0.941 bits per heavy atom. The molecule has 0 aromatic carbocycles. The van der Waals surface area contributed by atoms with Crippen LogP contribution < -0.4 is 0 Å². The Kier molecular flexibility index (Phi) is 5.30. The monoisotopic (exact) mass is 238 g/mol. The van der Waals surface area contributed by atoms with E-state index >= 15 is 0 Å². The van der Waals surface area contributed by atoms with Gasteiger partial charge >= 0.3 is 0 Å². The lowest BCUT2D eigenvalue weighted by atomic mass is 9.89. The Balaban J connectivity index is 1.46. The lowest BCUT2D eigenvalue weighted by molar-refractivity contribution is 0.123. The van der Waals surface area contributed by atoms with Gasteiger partial charge < -0.3 is 9.80 Å². The third-order valence-corrected chi connectivity index (χ3v) is 4.77. The van der Waals surface area contributed by atoms with E-state index in [-0.39, 0.29) is 0 Å². The number of unbranched alkanes of at least 4 members (excludes halogenated alkanes) is 1. The molecule has 0 saturated carbocycles. The zero-order valence-electron chi connectivity index (χ0n) is 11.8. The predicted octanol–water partition coefficient (Wildman–Crippen LogP) is 2.84. The van der Waals surface area contributed by atoms with Crippen LogP contribution in [0.1, 0.15) is 45.4 Å². The van der Waals surface area contributed by atoms with Crippen molar-refractivity contribution in [3.8, 4) is 0 Å². The minimum atomic E-state index is 1.03. The molecule has 2 nitrogen and oxygen atoms in total. The highest BCUT2D eigenvalue weighted by Gasteiger charge is 2.22. The first-order chi connectivity index (χ1) is 8.28. The van der Waals surface area contributed by atoms with E-state index in [9.17, 15) is 0 Å². The Morgan fingerprint density at radius 3 is 2.06 bits per heavy atom. The van der Waals surface area contributed by atoms with Gasteiger partial charge in [0.1, 0.15) is 0 Å². The number of nitrogens with zero attached hydrogens (tertiary/aromatic N) is 2. The van der Waals surface area contributed by atoms with Gasteiger partial charge in [0, 0.05) is 13.1 Å². The molecule has 0 spiro atoms. The van der Waals surface area contributed by atoms with Crippen LogP contribution in [0.5, 0.6) is 0 Å². The summed E-state index contributed by atoms with van der Waals surface area (Å²) in [5.74, 6) is 2.07. The summed E-state index contributed by atoms with van der Waals surface area (Å²) in [6.45, 7) is 8.96. The molecule has 0 aliphatic carbocycles. The Morgan fingerprint density at radius 2 is 1.53 bits per heavy atom. The molecule has 100 valence electrons. The highest BCUT2D eigenvalue weighted by molar-refractivity contribution is 4.77. The summed E-state index contributed by atoms with van der Waals surface area (Å²) >= 11 is 0. The standard InChI is InChI=1S/C15H30N2/c1-3-17-10-8-14(9-11-17)6-4-5-7-15-12-16(2)13-15/h14-15H,3-13H2,1-2H3. The van der Waals surface area contributed by atoms with Gasteiger partial charge in [0.2, 0.25) is 0 Å². The zero-order chi connectivity index (χ0) is 12.1. The Bertz CT molecular complexity index is 203. The fourth-order valence-electron chi connectivity index (χ4n) is 3.47. The molecule has 2 fully saturated rings. The molecule has 2 heterocycles. The predicted molar refractivity (Wildman–Crippen MR) is 74.3 cm³/mol. The van der Waals surface area contributed by atoms with Crippen molar-refractivity contribution in [3.63, 3.8) is 0 Å². The van der Waals surface area contributed by atoms with Crippen LogP contribution >= 0.6 is 0 Å². The molecule has 0 atom stereocenters. The van der Waals surface area contributed by atoms with Gasteiger partial charge in [-0.1, -0.05) is 26.2 Å². The number of hydrogen-bond acceptors (Lipinski definition) is 2. The summed E-state index contributed by atoms with van der Waals surface area (Å²) < 4.78 is 0. The van der Waals surface area contributed by atoms with Gasteiger partial charge in [-0.15, -0.1) is 0 Å². The SMILES string of the molecule is CCN1CCC(CCCCC2CN(C)C2)CC1. The number of hydrogen-bond donors (Lipinski definition) is 0. The lowest BCUT2D eigenvalue weighted by Crippen LogP contribution is -2.43. The largest absolute Gasteiger partial charge is 0.306 e. The van der Waals surface area contributed by atoms with Crippen LogP contribution in [0.25, 0.3) is 0 Å². The Hall–Kier alpha value is -0.0800. The van der Waals surface area contributed by atoms with Crippen LogP contribution in [0, 0.1) is 11.8 Å². The highest BCUT2D eigenvalue weighted by atomic mass is 15.2. The van der Waals surface area contributed by atoms with Gasteiger partial charge in [0.05, 0.1) is 0 Å². The van der Waals surface area contributed by atoms with Crippen molar-refractivity contribution in [1.29, 1.82) is 0 Å². The summed E-state index contributed by atoms with van der Waals surface area (Å²) in [7, 11) is 2.23. The van der Waals surface area contributed by atoms with Gasteiger partial charge in [0.15, 0.2) is 0 Å². The van der Waals surface area contributed by atoms with Crippen LogP contribution in [-0.4, -0.2) is 49.6 Å². The van der Waals surface area contributed by atoms with Crippen molar-refractivity contribution in [2.75, 3.05) is 39.8 Å². The van der Waals surface area contributed by atoms with Crippen molar-refractivity contribution in [3.05, 3.63) is 0 Å². The Labute approximate surface area is 107 Å². The van der Waals surface area contributed by atoms with Gasteiger partial charge in [-0.2, -0.15) is 0 Å². The van der Waals surface area contributed by atoms with Crippen molar-refractivity contribution in [2.24, 2.45) is 11.8 Å². The molecule has 0 aromatic heterocycles. The molecule has 17 heavy (non-hydrogen) atoms. The third kappa shape index (κ3) is 4.26. The summed E-state index contributed by atoms with van der Waals surface area (Å²) in [5, 5.41) is 0. The second-order valence-electron chi connectivity index (χ2n) is 6.25. The molecule has 2 aliphatic rings. The van der Waals surface area contributed by atoms with Crippen molar-refractivity contribution in [1.82, 2.24) is 9.80 Å². The van der Waals surface area contributed by atoms with E-state index < -0.39 is 0 Å². The maximum Gasteiger partial charge on any atom is 0.00190 e. The number of likely N-dealkylation sites (tertiary alicyclic amines) is 2. The van der Waals surface area contributed by atoms with Crippen LogP contribution in [0.15, 0.2) is 0 Å². The molecule has 0 unspecified atom stereocenters. The maximum atomic E-state index is 2.60. The quantitative estimate of drug-likeness (QED) is 0.657. The van der Waals surface area contributed by atoms with E-state index in [0.29, 0.717) is 0 Å². The van der Waals surface area contributed by atoms with E-state index in [1.54, 1.807) is 0 Å². The van der Waals surface area contributed by atoms with Crippen LogP contribution in [-0.2, 0) is 0 Å². The smallest absolute Gasteiger partial charge is 0.00190 e. The van der Waals surface area contributed by atoms with E-state index in [4.69, 9.17) is 0 Å². The molecule has 2 heteroatoms. The summed E-state index contributed by atoms with van der Waals surface area (Å²) in [6, 6.07) is 0. The highest BCUT2D eigenvalue weighted by Crippen LogP contribution is 2.25. The van der Waals surface area contributed by atoms with Gasteiger partial charge in [0.25, 0.3) is 0 Å². The minimum Gasteiger partial charge on any atom is -0.306 e. The van der Waals surface area contributed by atoms with Crippen molar-refractivity contribution < 1.29 is 0 Å². The molecule has 0 radical (unpaired) electrons. The van der Waals surface area contributed by atoms with Crippen LogP contribution in [0.2, 0.25) is 0 Å². The second kappa shape index (κ2) is 6.75. The van der Waals surface area contributed by atoms with Crippen LogP contribution in [0.4, 0.5) is 0 Å². The first-order valence-electron chi connectivity index (χ1n) is 7.68.